The van der Waals surface area contributed by atoms with Gasteiger partial charge in [-0.3, -0.25) is 14.8 Å². The molecular formula is C17H28N4O. The third-order valence-electron chi connectivity index (χ3n) is 4.21. The average Bonchev–Trinajstić information content (AvgIpc) is 2.49. The van der Waals surface area contributed by atoms with Gasteiger partial charge in [0, 0.05) is 37.1 Å². The van der Waals surface area contributed by atoms with Crippen molar-refractivity contribution in [1.82, 2.24) is 20.6 Å². The summed E-state index contributed by atoms with van der Waals surface area (Å²) in [6, 6.07) is 0.574. The molecule has 2 N–H and O–H groups in total. The van der Waals surface area contributed by atoms with Crippen LogP contribution in [-0.4, -0.2) is 34.5 Å². The Bertz CT molecular complexity index is 430. The van der Waals surface area contributed by atoms with E-state index in [-0.39, 0.29) is 11.9 Å². The Balaban J connectivity index is 1.65. The summed E-state index contributed by atoms with van der Waals surface area (Å²) in [7, 11) is 0. The molecule has 0 saturated heterocycles. The minimum Gasteiger partial charge on any atom is -0.352 e. The molecule has 0 aliphatic heterocycles. The molecule has 1 aliphatic carbocycles. The highest BCUT2D eigenvalue weighted by Gasteiger charge is 2.14. The molecule has 1 fully saturated rings. The van der Waals surface area contributed by atoms with E-state index in [1.54, 1.807) is 18.6 Å². The molecule has 0 aromatic carbocycles. The third-order valence-corrected chi connectivity index (χ3v) is 4.21. The summed E-state index contributed by atoms with van der Waals surface area (Å²) in [6.45, 7) is 2.44. The fraction of sp³-hybridized carbons (Fsp3) is 0.706. The lowest BCUT2D eigenvalue weighted by Gasteiger charge is -2.21. The normalized spacial score (nSPS) is 18.2. The van der Waals surface area contributed by atoms with Gasteiger partial charge in [0.25, 0.3) is 0 Å². The van der Waals surface area contributed by atoms with Crippen molar-refractivity contribution in [3.63, 3.8) is 0 Å². The molecule has 0 spiro atoms. The van der Waals surface area contributed by atoms with Crippen LogP contribution in [0, 0.1) is 0 Å². The molecule has 1 aliphatic rings. The summed E-state index contributed by atoms with van der Waals surface area (Å²) in [5, 5.41) is 6.45. The number of aromatic nitrogens is 2. The third kappa shape index (κ3) is 6.52. The van der Waals surface area contributed by atoms with Crippen LogP contribution in [0.3, 0.4) is 0 Å². The molecule has 1 aromatic rings. The van der Waals surface area contributed by atoms with Gasteiger partial charge < -0.3 is 10.6 Å². The van der Waals surface area contributed by atoms with E-state index in [0.29, 0.717) is 12.6 Å². The quantitative estimate of drug-likeness (QED) is 0.846. The van der Waals surface area contributed by atoms with Gasteiger partial charge in [-0.05, 0) is 19.8 Å². The summed E-state index contributed by atoms with van der Waals surface area (Å²) < 4.78 is 0. The lowest BCUT2D eigenvalue weighted by molar-refractivity contribution is -0.121. The van der Waals surface area contributed by atoms with Gasteiger partial charge in [-0.2, -0.15) is 0 Å². The zero-order chi connectivity index (χ0) is 15.6. The molecule has 1 atom stereocenters. The predicted molar refractivity (Wildman–Crippen MR) is 87.5 cm³/mol. The summed E-state index contributed by atoms with van der Waals surface area (Å²) in [6.07, 6.45) is 14.6. The van der Waals surface area contributed by atoms with Crippen LogP contribution in [0.1, 0.15) is 57.6 Å². The Morgan fingerprint density at radius 1 is 1.23 bits per heavy atom. The summed E-state index contributed by atoms with van der Waals surface area (Å²) >= 11 is 0. The van der Waals surface area contributed by atoms with Gasteiger partial charge in [0.2, 0.25) is 5.91 Å². The molecule has 1 unspecified atom stereocenters. The lowest BCUT2D eigenvalue weighted by atomic mass is 9.97. The number of carbonyl (C=O) groups is 1. The molecule has 22 heavy (non-hydrogen) atoms. The number of hydrogen-bond donors (Lipinski definition) is 2. The number of nitrogens with one attached hydrogen (secondary N) is 2. The number of nitrogens with zero attached hydrogens (tertiary/aromatic N) is 2. The Hall–Kier alpha value is -1.49. The minimum absolute atomic E-state index is 0.108. The summed E-state index contributed by atoms with van der Waals surface area (Å²) in [5.41, 5.74) is 0.947. The van der Waals surface area contributed by atoms with Crippen LogP contribution < -0.4 is 10.6 Å². The molecule has 0 bridgehead atoms. The van der Waals surface area contributed by atoms with Crippen molar-refractivity contribution in [1.29, 1.82) is 0 Å². The monoisotopic (exact) mass is 304 g/mol. The molecule has 5 nitrogen and oxygen atoms in total. The van der Waals surface area contributed by atoms with Crippen LogP contribution in [0.25, 0.3) is 0 Å². The van der Waals surface area contributed by atoms with Crippen molar-refractivity contribution in [2.75, 3.05) is 6.54 Å². The summed E-state index contributed by atoms with van der Waals surface area (Å²) in [4.78, 5) is 20.4. The van der Waals surface area contributed by atoms with Crippen LogP contribution in [0.4, 0.5) is 0 Å². The maximum atomic E-state index is 12.1. The molecule has 0 radical (unpaired) electrons. The Morgan fingerprint density at radius 2 is 1.95 bits per heavy atom. The van der Waals surface area contributed by atoms with E-state index in [4.69, 9.17) is 0 Å². The standard InChI is InChI=1S/C17H28N4O/c1-14(11-16-12-18-9-10-19-16)20-13-17(22)21-15-7-5-3-2-4-6-8-15/h9-10,12,14-15,20H,2-8,11,13H2,1H3,(H,21,22). The largest absolute Gasteiger partial charge is 0.352 e. The summed E-state index contributed by atoms with van der Waals surface area (Å²) in [5.74, 6) is 0.108. The second kappa shape index (κ2) is 9.51. The van der Waals surface area contributed by atoms with E-state index in [1.165, 1.54) is 32.1 Å². The van der Waals surface area contributed by atoms with Crippen molar-refractivity contribution in [2.45, 2.75) is 70.4 Å². The zero-order valence-corrected chi connectivity index (χ0v) is 13.6. The van der Waals surface area contributed by atoms with Crippen molar-refractivity contribution >= 4 is 5.91 Å². The van der Waals surface area contributed by atoms with Gasteiger partial charge >= 0.3 is 0 Å². The van der Waals surface area contributed by atoms with Gasteiger partial charge in [0.15, 0.2) is 0 Å². The molecule has 1 heterocycles. The van der Waals surface area contributed by atoms with E-state index >= 15 is 0 Å². The van der Waals surface area contributed by atoms with E-state index in [9.17, 15) is 4.79 Å². The van der Waals surface area contributed by atoms with E-state index in [1.807, 2.05) is 0 Å². The second-order valence-electron chi connectivity index (χ2n) is 6.29. The molecule has 122 valence electrons. The first-order chi connectivity index (χ1) is 10.7. The van der Waals surface area contributed by atoms with E-state index in [0.717, 1.165) is 25.0 Å². The van der Waals surface area contributed by atoms with Gasteiger partial charge in [-0.1, -0.05) is 32.1 Å². The number of rotatable bonds is 6. The van der Waals surface area contributed by atoms with Crippen LogP contribution in [0.15, 0.2) is 18.6 Å². The SMILES string of the molecule is CC(Cc1cnccn1)NCC(=O)NC1CCCCCCC1. The van der Waals surface area contributed by atoms with Crippen LogP contribution in [0.5, 0.6) is 0 Å². The first kappa shape index (κ1) is 16.9. The van der Waals surface area contributed by atoms with Crippen molar-refractivity contribution in [3.05, 3.63) is 24.3 Å². The maximum absolute atomic E-state index is 12.1. The lowest BCUT2D eigenvalue weighted by Crippen LogP contribution is -2.43. The Morgan fingerprint density at radius 3 is 2.64 bits per heavy atom. The van der Waals surface area contributed by atoms with Crippen LogP contribution in [0.2, 0.25) is 0 Å². The predicted octanol–water partition coefficient (Wildman–Crippen LogP) is 2.23. The molecule has 1 amide bonds. The first-order valence-electron chi connectivity index (χ1n) is 8.51. The fourth-order valence-electron chi connectivity index (χ4n) is 2.97. The topological polar surface area (TPSA) is 66.9 Å². The zero-order valence-electron chi connectivity index (χ0n) is 13.6. The first-order valence-corrected chi connectivity index (χ1v) is 8.51. The van der Waals surface area contributed by atoms with E-state index in [2.05, 4.69) is 27.5 Å². The Kier molecular flexibility index (Phi) is 7.30. The van der Waals surface area contributed by atoms with Gasteiger partial charge in [0.05, 0.1) is 12.2 Å². The molecular weight excluding hydrogens is 276 g/mol. The number of hydrogen-bond acceptors (Lipinski definition) is 4. The van der Waals surface area contributed by atoms with E-state index < -0.39 is 0 Å². The average molecular weight is 304 g/mol. The number of carbonyl (C=O) groups excluding carboxylic acids is 1. The van der Waals surface area contributed by atoms with Gasteiger partial charge in [-0.25, -0.2) is 0 Å². The molecule has 1 saturated carbocycles. The highest BCUT2D eigenvalue weighted by Crippen LogP contribution is 2.16. The molecule has 1 aromatic heterocycles. The highest BCUT2D eigenvalue weighted by atomic mass is 16.1. The van der Waals surface area contributed by atoms with Crippen LogP contribution >= 0.6 is 0 Å². The molecule has 2 rings (SSSR count). The van der Waals surface area contributed by atoms with Crippen LogP contribution in [-0.2, 0) is 11.2 Å². The number of amides is 1. The maximum Gasteiger partial charge on any atom is 0.234 e. The smallest absolute Gasteiger partial charge is 0.234 e. The molecule has 5 heteroatoms. The fourth-order valence-corrected chi connectivity index (χ4v) is 2.97. The minimum atomic E-state index is 0.108. The highest BCUT2D eigenvalue weighted by molar-refractivity contribution is 5.78. The Labute approximate surface area is 133 Å². The van der Waals surface area contributed by atoms with Crippen molar-refractivity contribution < 1.29 is 4.79 Å². The van der Waals surface area contributed by atoms with Crippen molar-refractivity contribution in [2.24, 2.45) is 0 Å². The van der Waals surface area contributed by atoms with Gasteiger partial charge in [0.1, 0.15) is 0 Å². The van der Waals surface area contributed by atoms with Crippen molar-refractivity contribution in [3.8, 4) is 0 Å². The second-order valence-corrected chi connectivity index (χ2v) is 6.29. The van der Waals surface area contributed by atoms with Gasteiger partial charge in [-0.15, -0.1) is 0 Å².